The lowest BCUT2D eigenvalue weighted by atomic mass is 9.92. The summed E-state index contributed by atoms with van der Waals surface area (Å²) in [5.41, 5.74) is 0. The molecule has 2 aromatic rings. The van der Waals surface area contributed by atoms with E-state index >= 15 is 0 Å². The Morgan fingerprint density at radius 2 is 2.24 bits per heavy atom. The number of amides is 1. The van der Waals surface area contributed by atoms with Gasteiger partial charge in [0.15, 0.2) is 5.82 Å². The Kier molecular flexibility index (Phi) is 5.39. The number of alkyl halides is 2. The van der Waals surface area contributed by atoms with E-state index in [0.717, 1.165) is 0 Å². The number of ether oxygens (including phenoxy) is 1. The molecule has 2 aliphatic rings. The number of rotatable bonds is 7. The highest BCUT2D eigenvalue weighted by Crippen LogP contribution is 2.39. The second-order valence-corrected chi connectivity index (χ2v) is 7.61. The fraction of sp³-hybridized carbons (Fsp3) is 0.611. The van der Waals surface area contributed by atoms with Crippen molar-refractivity contribution >= 4 is 11.7 Å². The van der Waals surface area contributed by atoms with Crippen LogP contribution in [-0.4, -0.2) is 67.8 Å². The fourth-order valence-corrected chi connectivity index (χ4v) is 3.30. The monoisotopic (exact) mass is 407 g/mol. The minimum Gasteiger partial charge on any atom is -0.476 e. The van der Waals surface area contributed by atoms with Crippen LogP contribution in [-0.2, 0) is 4.79 Å². The van der Waals surface area contributed by atoms with Crippen molar-refractivity contribution in [3.05, 3.63) is 24.3 Å². The number of aromatic nitrogens is 5. The molecule has 156 valence electrons. The third-order valence-electron chi connectivity index (χ3n) is 5.41. The first-order valence-electron chi connectivity index (χ1n) is 9.67. The molecular formula is C18H23F2N7O2. The van der Waals surface area contributed by atoms with Crippen LogP contribution in [0, 0.1) is 5.92 Å². The van der Waals surface area contributed by atoms with Crippen molar-refractivity contribution in [3.8, 4) is 5.88 Å². The molecule has 1 aliphatic heterocycles. The summed E-state index contributed by atoms with van der Waals surface area (Å²) in [6.07, 6.45) is 3.21. The van der Waals surface area contributed by atoms with Crippen molar-refractivity contribution < 1.29 is 18.3 Å². The van der Waals surface area contributed by atoms with Gasteiger partial charge >= 0.3 is 0 Å². The number of aromatic amines is 1. The highest BCUT2D eigenvalue weighted by molar-refractivity contribution is 5.93. The zero-order valence-electron chi connectivity index (χ0n) is 16.0. The Labute approximate surface area is 166 Å². The van der Waals surface area contributed by atoms with E-state index in [1.54, 1.807) is 24.0 Å². The van der Waals surface area contributed by atoms with Gasteiger partial charge in [-0.15, -0.1) is 10.2 Å². The van der Waals surface area contributed by atoms with Gasteiger partial charge in [0.1, 0.15) is 12.2 Å². The first kappa shape index (κ1) is 19.6. The number of carbonyl (C=O) groups is 1. The molecule has 0 spiro atoms. The summed E-state index contributed by atoms with van der Waals surface area (Å²) in [4.78, 5) is 18.2. The van der Waals surface area contributed by atoms with Gasteiger partial charge < -0.3 is 10.1 Å². The Morgan fingerprint density at radius 1 is 1.41 bits per heavy atom. The van der Waals surface area contributed by atoms with Crippen LogP contribution in [0.4, 0.5) is 14.6 Å². The highest BCUT2D eigenvalue weighted by Gasteiger charge is 2.47. The third-order valence-corrected chi connectivity index (χ3v) is 5.41. The predicted octanol–water partition coefficient (Wildman–Crippen LogP) is 1.84. The Balaban J connectivity index is 1.34. The summed E-state index contributed by atoms with van der Waals surface area (Å²) in [7, 11) is 0. The largest absolute Gasteiger partial charge is 0.476 e. The maximum atomic E-state index is 14.3. The molecule has 29 heavy (non-hydrogen) atoms. The molecule has 1 saturated heterocycles. The first-order valence-corrected chi connectivity index (χ1v) is 9.67. The van der Waals surface area contributed by atoms with Gasteiger partial charge in [0.2, 0.25) is 11.8 Å². The minimum absolute atomic E-state index is 0.00357. The van der Waals surface area contributed by atoms with Crippen LogP contribution in [0.1, 0.15) is 37.9 Å². The SMILES string of the molecule is C[C@@H](C(=O)Nc1ccc(OCC2CC2)nn1)N1CCC(F)(F)[C@H](c2ncn[nH]2)C1. The molecule has 0 unspecified atom stereocenters. The van der Waals surface area contributed by atoms with Gasteiger partial charge in [-0.05, 0) is 31.7 Å². The van der Waals surface area contributed by atoms with Crippen molar-refractivity contribution in [1.82, 2.24) is 30.3 Å². The summed E-state index contributed by atoms with van der Waals surface area (Å²) in [6.45, 7) is 2.41. The van der Waals surface area contributed by atoms with Crippen LogP contribution < -0.4 is 10.1 Å². The lowest BCUT2D eigenvalue weighted by Crippen LogP contribution is -2.52. The number of anilines is 1. The van der Waals surface area contributed by atoms with Gasteiger partial charge in [0.25, 0.3) is 5.92 Å². The number of nitrogens with one attached hydrogen (secondary N) is 2. The van der Waals surface area contributed by atoms with Gasteiger partial charge in [-0.3, -0.25) is 14.8 Å². The molecule has 1 amide bonds. The van der Waals surface area contributed by atoms with Crippen molar-refractivity contribution in [2.75, 3.05) is 25.0 Å². The summed E-state index contributed by atoms with van der Waals surface area (Å²) in [5, 5.41) is 16.8. The first-order chi connectivity index (χ1) is 13.9. The van der Waals surface area contributed by atoms with Gasteiger partial charge in [-0.25, -0.2) is 13.8 Å². The lowest BCUT2D eigenvalue weighted by molar-refractivity contribution is -0.126. The topological polar surface area (TPSA) is 109 Å². The molecule has 0 bridgehead atoms. The summed E-state index contributed by atoms with van der Waals surface area (Å²) in [5.74, 6) is -2.96. The van der Waals surface area contributed by atoms with E-state index in [1.807, 2.05) is 0 Å². The van der Waals surface area contributed by atoms with Gasteiger partial charge in [0.05, 0.1) is 18.6 Å². The van der Waals surface area contributed by atoms with Crippen LogP contribution in [0.5, 0.6) is 5.88 Å². The number of hydrogen-bond acceptors (Lipinski definition) is 7. The Morgan fingerprint density at radius 3 is 2.90 bits per heavy atom. The van der Waals surface area contributed by atoms with Crippen LogP contribution in [0.15, 0.2) is 18.5 Å². The van der Waals surface area contributed by atoms with Gasteiger partial charge in [-0.2, -0.15) is 5.10 Å². The normalized spacial score (nSPS) is 22.8. The van der Waals surface area contributed by atoms with Crippen molar-refractivity contribution in [3.63, 3.8) is 0 Å². The zero-order chi connectivity index (χ0) is 20.4. The van der Waals surface area contributed by atoms with Crippen molar-refractivity contribution in [2.45, 2.75) is 44.1 Å². The maximum Gasteiger partial charge on any atom is 0.260 e. The number of hydrogen-bond donors (Lipinski definition) is 2. The van der Waals surface area contributed by atoms with E-state index in [0.29, 0.717) is 18.4 Å². The van der Waals surface area contributed by atoms with E-state index in [-0.39, 0.29) is 37.1 Å². The molecule has 2 aromatic heterocycles. The second-order valence-electron chi connectivity index (χ2n) is 7.61. The van der Waals surface area contributed by atoms with Crippen molar-refractivity contribution in [2.24, 2.45) is 5.92 Å². The number of halogens is 2. The van der Waals surface area contributed by atoms with Crippen molar-refractivity contribution in [1.29, 1.82) is 0 Å². The quantitative estimate of drug-likeness (QED) is 0.721. The smallest absolute Gasteiger partial charge is 0.260 e. The highest BCUT2D eigenvalue weighted by atomic mass is 19.3. The molecule has 0 aromatic carbocycles. The van der Waals surface area contributed by atoms with E-state index in [4.69, 9.17) is 4.74 Å². The number of carbonyl (C=O) groups excluding carboxylic acids is 1. The minimum atomic E-state index is -2.91. The van der Waals surface area contributed by atoms with Crippen LogP contribution >= 0.6 is 0 Å². The summed E-state index contributed by atoms with van der Waals surface area (Å²) < 4.78 is 34.2. The molecule has 2 atom stereocenters. The molecule has 3 heterocycles. The molecular weight excluding hydrogens is 384 g/mol. The number of nitrogens with zero attached hydrogens (tertiary/aromatic N) is 5. The molecule has 0 radical (unpaired) electrons. The molecule has 11 heteroatoms. The van der Waals surface area contributed by atoms with E-state index in [9.17, 15) is 13.6 Å². The van der Waals surface area contributed by atoms with E-state index in [2.05, 4.69) is 30.7 Å². The molecule has 4 rings (SSSR count). The molecule has 2 fully saturated rings. The van der Waals surface area contributed by atoms with Gasteiger partial charge in [-0.1, -0.05) is 0 Å². The Hall–Kier alpha value is -2.69. The average Bonchev–Trinajstić information content (AvgIpc) is 3.38. The molecule has 9 nitrogen and oxygen atoms in total. The number of likely N-dealkylation sites (tertiary alicyclic amines) is 1. The summed E-state index contributed by atoms with van der Waals surface area (Å²) >= 11 is 0. The van der Waals surface area contributed by atoms with Crippen LogP contribution in [0.2, 0.25) is 0 Å². The van der Waals surface area contributed by atoms with Crippen LogP contribution in [0.25, 0.3) is 0 Å². The van der Waals surface area contributed by atoms with E-state index < -0.39 is 17.9 Å². The summed E-state index contributed by atoms with van der Waals surface area (Å²) in [6, 6.07) is 2.64. The fourth-order valence-electron chi connectivity index (χ4n) is 3.30. The van der Waals surface area contributed by atoms with Crippen LogP contribution in [0.3, 0.4) is 0 Å². The third kappa shape index (κ3) is 4.66. The van der Waals surface area contributed by atoms with E-state index in [1.165, 1.54) is 19.2 Å². The predicted molar refractivity (Wildman–Crippen MR) is 98.6 cm³/mol. The van der Waals surface area contributed by atoms with Gasteiger partial charge in [0, 0.05) is 25.6 Å². The lowest BCUT2D eigenvalue weighted by Gasteiger charge is -2.39. The number of H-pyrrole nitrogens is 1. The average molecular weight is 407 g/mol. The Bertz CT molecular complexity index is 827. The molecule has 1 aliphatic carbocycles. The number of piperidine rings is 1. The molecule has 1 saturated carbocycles. The zero-order valence-corrected chi connectivity index (χ0v) is 16.0. The second kappa shape index (κ2) is 7.97. The standard InChI is InChI=1S/C18H23F2N7O2/c1-11(27-7-6-18(19,20)13(8-27)16-21-10-22-26-16)17(28)23-14-4-5-15(25-24-14)29-9-12-2-3-12/h4-5,10-13H,2-3,6-9H2,1H3,(H,21,22,26)(H,23,24,28)/t11-,13-/m0/s1. The molecule has 2 N–H and O–H groups in total. The maximum absolute atomic E-state index is 14.3.